The van der Waals surface area contributed by atoms with E-state index in [1.165, 1.54) is 0 Å². The second-order valence-electron chi connectivity index (χ2n) is 6.03. The number of carbonyl (C=O) groups is 1. The number of pyridine rings is 1. The fraction of sp³-hybridized carbons (Fsp3) is 0.375. The molecule has 122 valence electrons. The second-order valence-corrected chi connectivity index (χ2v) is 6.03. The van der Waals surface area contributed by atoms with E-state index in [0.717, 1.165) is 29.4 Å². The van der Waals surface area contributed by atoms with Crippen molar-refractivity contribution < 1.29 is 4.79 Å². The predicted molar refractivity (Wildman–Crippen MR) is 87.3 cm³/mol. The van der Waals surface area contributed by atoms with E-state index in [2.05, 4.69) is 15.0 Å². The molecule has 0 aromatic carbocycles. The lowest BCUT2D eigenvalue weighted by Gasteiger charge is -2.33. The summed E-state index contributed by atoms with van der Waals surface area (Å²) in [5, 5.41) is 9.61. The molecule has 3 aromatic heterocycles. The van der Waals surface area contributed by atoms with Gasteiger partial charge in [0.05, 0.1) is 29.3 Å². The fourth-order valence-electron chi connectivity index (χ4n) is 3.54. The van der Waals surface area contributed by atoms with E-state index in [9.17, 15) is 9.59 Å². The molecule has 1 saturated heterocycles. The summed E-state index contributed by atoms with van der Waals surface area (Å²) in [6.07, 6.45) is 4.94. The number of likely N-dealkylation sites (tertiary alicyclic amines) is 1. The Morgan fingerprint density at radius 1 is 1.50 bits per heavy atom. The van der Waals surface area contributed by atoms with Crippen LogP contribution >= 0.6 is 0 Å². The first-order valence-corrected chi connectivity index (χ1v) is 7.90. The number of nitrogens with zero attached hydrogens (tertiary/aromatic N) is 4. The number of nitriles is 1. The van der Waals surface area contributed by atoms with E-state index < -0.39 is 0 Å². The average Bonchev–Trinajstić information content (AvgIpc) is 3.18. The Hall–Kier alpha value is -3.08. The monoisotopic (exact) mass is 324 g/mol. The highest BCUT2D eigenvalue weighted by Crippen LogP contribution is 2.27. The van der Waals surface area contributed by atoms with Gasteiger partial charge < -0.3 is 14.9 Å². The average molecular weight is 324 g/mol. The van der Waals surface area contributed by atoms with Crippen molar-refractivity contribution in [2.24, 2.45) is 0 Å². The number of imidazole rings is 1. The van der Waals surface area contributed by atoms with E-state index in [1.807, 2.05) is 12.1 Å². The van der Waals surface area contributed by atoms with Crippen molar-refractivity contribution in [1.29, 1.82) is 5.26 Å². The molecular formula is C16H16N6O2. The Morgan fingerprint density at radius 3 is 3.21 bits per heavy atom. The summed E-state index contributed by atoms with van der Waals surface area (Å²) in [4.78, 5) is 36.4. The lowest BCUT2D eigenvalue weighted by atomic mass is 10.0. The van der Waals surface area contributed by atoms with Crippen LogP contribution in [0.2, 0.25) is 0 Å². The first kappa shape index (κ1) is 14.5. The van der Waals surface area contributed by atoms with Gasteiger partial charge in [0.2, 0.25) is 5.91 Å². The SMILES string of the molecule is N#CCC(=O)N1CCC[C@@H](n2c(=O)[nH]c3cnc4[nH]ccc4c32)C1. The van der Waals surface area contributed by atoms with Crippen molar-refractivity contribution in [3.05, 3.63) is 28.9 Å². The van der Waals surface area contributed by atoms with Gasteiger partial charge in [0, 0.05) is 24.7 Å². The van der Waals surface area contributed by atoms with Gasteiger partial charge in [-0.15, -0.1) is 0 Å². The number of carbonyl (C=O) groups excluding carboxylic acids is 1. The Bertz CT molecular complexity index is 1020. The molecule has 0 radical (unpaired) electrons. The number of aromatic amines is 2. The molecule has 8 nitrogen and oxygen atoms in total. The molecule has 8 heteroatoms. The molecule has 24 heavy (non-hydrogen) atoms. The summed E-state index contributed by atoms with van der Waals surface area (Å²) >= 11 is 0. The van der Waals surface area contributed by atoms with Gasteiger partial charge in [-0.25, -0.2) is 9.78 Å². The first-order chi connectivity index (χ1) is 11.7. The normalized spacial score (nSPS) is 18.1. The lowest BCUT2D eigenvalue weighted by Crippen LogP contribution is -2.42. The van der Waals surface area contributed by atoms with Crippen LogP contribution in [0.15, 0.2) is 23.3 Å². The van der Waals surface area contributed by atoms with Crippen LogP contribution in [0.4, 0.5) is 0 Å². The number of H-pyrrole nitrogens is 2. The number of nitrogens with one attached hydrogen (secondary N) is 2. The molecule has 1 atom stereocenters. The van der Waals surface area contributed by atoms with Crippen molar-refractivity contribution in [2.45, 2.75) is 25.3 Å². The van der Waals surface area contributed by atoms with Gasteiger partial charge in [-0.05, 0) is 18.9 Å². The zero-order valence-electron chi connectivity index (χ0n) is 13.0. The van der Waals surface area contributed by atoms with Crippen molar-refractivity contribution in [2.75, 3.05) is 13.1 Å². The molecule has 1 aliphatic rings. The molecule has 4 rings (SSSR count). The van der Waals surface area contributed by atoms with Gasteiger partial charge in [0.15, 0.2) is 0 Å². The van der Waals surface area contributed by atoms with E-state index in [1.54, 1.807) is 21.9 Å². The van der Waals surface area contributed by atoms with Gasteiger partial charge in [0.1, 0.15) is 12.1 Å². The molecule has 1 amide bonds. The Kier molecular flexibility index (Phi) is 3.34. The molecule has 0 bridgehead atoms. The number of amides is 1. The minimum atomic E-state index is -0.194. The topological polar surface area (TPSA) is 111 Å². The maximum atomic E-state index is 12.5. The minimum absolute atomic E-state index is 0.108. The van der Waals surface area contributed by atoms with Crippen LogP contribution in [0.25, 0.3) is 22.1 Å². The number of hydrogen-bond acceptors (Lipinski definition) is 4. The lowest BCUT2D eigenvalue weighted by molar-refractivity contribution is -0.131. The molecule has 3 aromatic rings. The Balaban J connectivity index is 1.80. The van der Waals surface area contributed by atoms with Gasteiger partial charge >= 0.3 is 5.69 Å². The van der Waals surface area contributed by atoms with Crippen LogP contribution in [0.5, 0.6) is 0 Å². The van der Waals surface area contributed by atoms with Crippen LogP contribution in [0.3, 0.4) is 0 Å². The highest BCUT2D eigenvalue weighted by Gasteiger charge is 2.27. The van der Waals surface area contributed by atoms with Gasteiger partial charge in [0.25, 0.3) is 0 Å². The van der Waals surface area contributed by atoms with Gasteiger partial charge in [-0.1, -0.05) is 0 Å². The third-order valence-electron chi connectivity index (χ3n) is 4.60. The predicted octanol–water partition coefficient (Wildman–Crippen LogP) is 1.28. The maximum absolute atomic E-state index is 12.5. The van der Waals surface area contributed by atoms with E-state index in [4.69, 9.17) is 5.26 Å². The Labute approximate surface area is 136 Å². The molecule has 0 spiro atoms. The number of rotatable bonds is 2. The highest BCUT2D eigenvalue weighted by molar-refractivity contribution is 6.00. The quantitative estimate of drug-likeness (QED) is 0.739. The third kappa shape index (κ3) is 2.17. The highest BCUT2D eigenvalue weighted by atomic mass is 16.2. The van der Waals surface area contributed by atoms with E-state index in [-0.39, 0.29) is 24.1 Å². The number of hydrogen-bond donors (Lipinski definition) is 2. The summed E-state index contributed by atoms with van der Waals surface area (Å²) < 4.78 is 1.74. The van der Waals surface area contributed by atoms with Crippen LogP contribution in [-0.4, -0.2) is 43.4 Å². The molecule has 1 aliphatic heterocycles. The summed E-state index contributed by atoms with van der Waals surface area (Å²) in [6, 6.07) is 3.69. The molecule has 2 N–H and O–H groups in total. The Morgan fingerprint density at radius 2 is 2.38 bits per heavy atom. The van der Waals surface area contributed by atoms with Crippen LogP contribution < -0.4 is 5.69 Å². The second kappa shape index (κ2) is 5.53. The van der Waals surface area contributed by atoms with Gasteiger partial charge in [-0.2, -0.15) is 5.26 Å². The summed E-state index contributed by atoms with van der Waals surface area (Å²) in [7, 11) is 0. The zero-order chi connectivity index (χ0) is 16.7. The third-order valence-corrected chi connectivity index (χ3v) is 4.60. The summed E-state index contributed by atoms with van der Waals surface area (Å²) in [5.41, 5.74) is 2.03. The molecule has 0 saturated carbocycles. The van der Waals surface area contributed by atoms with Crippen LogP contribution in [0, 0.1) is 11.3 Å². The van der Waals surface area contributed by atoms with Crippen molar-refractivity contribution >= 4 is 28.0 Å². The van der Waals surface area contributed by atoms with Crippen LogP contribution in [0.1, 0.15) is 25.3 Å². The van der Waals surface area contributed by atoms with E-state index in [0.29, 0.717) is 18.6 Å². The fourth-order valence-corrected chi connectivity index (χ4v) is 3.54. The molecule has 0 unspecified atom stereocenters. The standard InChI is InChI=1S/C16H16N6O2/c17-5-3-13(23)21-7-1-2-10(9-21)22-14-11-4-6-18-15(11)19-8-12(14)20-16(22)24/h4,6,8,10H,1-3,7,9H2,(H,18,19)(H,20,24)/t10-/m1/s1. The summed E-state index contributed by atoms with van der Waals surface area (Å²) in [6.45, 7) is 1.08. The number of fused-ring (bicyclic) bond motifs is 3. The van der Waals surface area contributed by atoms with Crippen molar-refractivity contribution in [3.8, 4) is 6.07 Å². The smallest absolute Gasteiger partial charge is 0.326 e. The minimum Gasteiger partial charge on any atom is -0.346 e. The van der Waals surface area contributed by atoms with Crippen molar-refractivity contribution in [3.63, 3.8) is 0 Å². The number of aromatic nitrogens is 4. The first-order valence-electron chi connectivity index (χ1n) is 7.90. The zero-order valence-corrected chi connectivity index (χ0v) is 13.0. The molecule has 0 aliphatic carbocycles. The largest absolute Gasteiger partial charge is 0.346 e. The summed E-state index contributed by atoms with van der Waals surface area (Å²) in [5.74, 6) is -0.177. The molecule has 4 heterocycles. The number of piperidine rings is 1. The molecular weight excluding hydrogens is 308 g/mol. The van der Waals surface area contributed by atoms with Crippen molar-refractivity contribution in [1.82, 2.24) is 24.4 Å². The molecule has 1 fully saturated rings. The van der Waals surface area contributed by atoms with E-state index >= 15 is 0 Å². The van der Waals surface area contributed by atoms with Gasteiger partial charge in [-0.3, -0.25) is 9.36 Å². The maximum Gasteiger partial charge on any atom is 0.326 e. The van der Waals surface area contributed by atoms with Crippen LogP contribution in [-0.2, 0) is 4.79 Å².